The van der Waals surface area contributed by atoms with Crippen LogP contribution in [0.4, 0.5) is 10.7 Å². The van der Waals surface area contributed by atoms with Gasteiger partial charge in [0.2, 0.25) is 5.95 Å². The van der Waals surface area contributed by atoms with E-state index in [-0.39, 0.29) is 18.1 Å². The third-order valence-electron chi connectivity index (χ3n) is 2.69. The molecule has 1 N–H and O–H groups in total. The van der Waals surface area contributed by atoms with Gasteiger partial charge in [-0.1, -0.05) is 30.3 Å². The SMILES string of the molecule is CC(C)(C)N=Cc1ccnc(NC(=O)OCc2ccccc2)n1. The van der Waals surface area contributed by atoms with E-state index in [1.807, 2.05) is 51.1 Å². The van der Waals surface area contributed by atoms with E-state index in [1.165, 1.54) is 0 Å². The highest BCUT2D eigenvalue weighted by Crippen LogP contribution is 2.07. The Bertz CT molecular complexity index is 678. The van der Waals surface area contributed by atoms with E-state index in [9.17, 15) is 4.79 Å². The Hall–Kier alpha value is -2.76. The molecule has 2 rings (SSSR count). The molecule has 0 radical (unpaired) electrons. The zero-order valence-electron chi connectivity index (χ0n) is 13.5. The molecule has 0 aliphatic heterocycles. The molecule has 1 heterocycles. The molecule has 1 aromatic carbocycles. The van der Waals surface area contributed by atoms with Gasteiger partial charge in [0.1, 0.15) is 6.61 Å². The number of hydrogen-bond donors (Lipinski definition) is 1. The highest BCUT2D eigenvalue weighted by molar-refractivity contribution is 5.83. The average molecular weight is 312 g/mol. The first-order chi connectivity index (χ1) is 10.9. The molecular formula is C17H20N4O2. The second-order valence-corrected chi connectivity index (χ2v) is 5.92. The Balaban J connectivity index is 1.92. The van der Waals surface area contributed by atoms with Gasteiger partial charge in [0.15, 0.2) is 0 Å². The Morgan fingerprint density at radius 3 is 2.70 bits per heavy atom. The van der Waals surface area contributed by atoms with Gasteiger partial charge in [-0.25, -0.2) is 14.8 Å². The first-order valence-electron chi connectivity index (χ1n) is 7.28. The van der Waals surface area contributed by atoms with Gasteiger partial charge in [0.05, 0.1) is 11.2 Å². The summed E-state index contributed by atoms with van der Waals surface area (Å²) in [6.45, 7) is 6.16. The lowest BCUT2D eigenvalue weighted by Gasteiger charge is -2.10. The van der Waals surface area contributed by atoms with Gasteiger partial charge in [-0.05, 0) is 32.4 Å². The van der Waals surface area contributed by atoms with Crippen molar-refractivity contribution in [2.75, 3.05) is 5.32 Å². The predicted molar refractivity (Wildman–Crippen MR) is 89.6 cm³/mol. The maximum absolute atomic E-state index is 11.8. The third-order valence-corrected chi connectivity index (χ3v) is 2.69. The molecule has 0 bridgehead atoms. The van der Waals surface area contributed by atoms with Crippen molar-refractivity contribution in [2.24, 2.45) is 4.99 Å². The number of aliphatic imine (C=N–C) groups is 1. The van der Waals surface area contributed by atoms with Crippen LogP contribution in [-0.2, 0) is 11.3 Å². The predicted octanol–water partition coefficient (Wildman–Crippen LogP) is 3.44. The second-order valence-electron chi connectivity index (χ2n) is 5.92. The van der Waals surface area contributed by atoms with Gasteiger partial charge in [-0.3, -0.25) is 10.3 Å². The lowest BCUT2D eigenvalue weighted by molar-refractivity contribution is 0.155. The van der Waals surface area contributed by atoms with Gasteiger partial charge < -0.3 is 4.74 Å². The zero-order chi connectivity index (χ0) is 16.7. The highest BCUT2D eigenvalue weighted by atomic mass is 16.5. The molecule has 0 unspecified atom stereocenters. The molecule has 0 saturated carbocycles. The van der Waals surface area contributed by atoms with E-state index in [0.717, 1.165) is 5.56 Å². The number of aromatic nitrogens is 2. The second kappa shape index (κ2) is 7.49. The number of anilines is 1. The number of hydrogen-bond acceptors (Lipinski definition) is 5. The van der Waals surface area contributed by atoms with E-state index >= 15 is 0 Å². The molecule has 1 amide bonds. The van der Waals surface area contributed by atoms with Crippen LogP contribution in [0.15, 0.2) is 47.6 Å². The van der Waals surface area contributed by atoms with Crippen LogP contribution >= 0.6 is 0 Å². The van der Waals surface area contributed by atoms with E-state index < -0.39 is 6.09 Å². The smallest absolute Gasteiger partial charge is 0.414 e. The molecule has 6 nitrogen and oxygen atoms in total. The van der Waals surface area contributed by atoms with Crippen molar-refractivity contribution in [3.05, 3.63) is 53.9 Å². The van der Waals surface area contributed by atoms with Crippen molar-refractivity contribution >= 4 is 18.3 Å². The number of amides is 1. The minimum atomic E-state index is -0.598. The van der Waals surface area contributed by atoms with E-state index in [0.29, 0.717) is 5.69 Å². The van der Waals surface area contributed by atoms with Crippen molar-refractivity contribution < 1.29 is 9.53 Å². The number of carbonyl (C=O) groups excluding carboxylic acids is 1. The van der Waals surface area contributed by atoms with E-state index in [1.54, 1.807) is 18.5 Å². The molecule has 120 valence electrons. The summed E-state index contributed by atoms with van der Waals surface area (Å²) in [5.41, 5.74) is 1.34. The minimum absolute atomic E-state index is 0.181. The normalized spacial score (nSPS) is 11.4. The Morgan fingerprint density at radius 2 is 2.00 bits per heavy atom. The van der Waals surface area contributed by atoms with Crippen LogP contribution in [0.25, 0.3) is 0 Å². The maximum Gasteiger partial charge on any atom is 0.414 e. The molecule has 23 heavy (non-hydrogen) atoms. The number of carbonyl (C=O) groups is 1. The molecule has 0 aliphatic rings. The molecule has 0 saturated heterocycles. The van der Waals surface area contributed by atoms with Gasteiger partial charge in [0.25, 0.3) is 0 Å². The molecule has 0 aliphatic carbocycles. The highest BCUT2D eigenvalue weighted by Gasteiger charge is 2.08. The van der Waals surface area contributed by atoms with Crippen molar-refractivity contribution in [2.45, 2.75) is 32.9 Å². The Kier molecular flexibility index (Phi) is 5.41. The quantitative estimate of drug-likeness (QED) is 0.877. The van der Waals surface area contributed by atoms with Gasteiger partial charge in [-0.15, -0.1) is 0 Å². The fraction of sp³-hybridized carbons (Fsp3) is 0.294. The van der Waals surface area contributed by atoms with Crippen LogP contribution in [-0.4, -0.2) is 27.8 Å². The first kappa shape index (κ1) is 16.6. The standard InChI is InChI=1S/C17H20N4O2/c1-17(2,3)19-11-14-9-10-18-15(20-14)21-16(22)23-12-13-7-5-4-6-8-13/h4-11H,12H2,1-3H3,(H,18,20,21,22). The maximum atomic E-state index is 11.8. The molecule has 6 heteroatoms. The number of rotatable bonds is 4. The summed E-state index contributed by atoms with van der Waals surface area (Å²) < 4.78 is 5.12. The largest absolute Gasteiger partial charge is 0.444 e. The van der Waals surface area contributed by atoms with Gasteiger partial charge in [0, 0.05) is 12.4 Å². The van der Waals surface area contributed by atoms with Crippen LogP contribution in [0.3, 0.4) is 0 Å². The van der Waals surface area contributed by atoms with Crippen molar-refractivity contribution in [1.82, 2.24) is 9.97 Å². The first-order valence-corrected chi connectivity index (χ1v) is 7.28. The summed E-state index contributed by atoms with van der Waals surface area (Å²) in [6.07, 6.45) is 2.62. The third kappa shape index (κ3) is 6.25. The van der Waals surface area contributed by atoms with Gasteiger partial charge in [-0.2, -0.15) is 0 Å². The number of ether oxygens (including phenoxy) is 1. The number of nitrogens with zero attached hydrogens (tertiary/aromatic N) is 3. The van der Waals surface area contributed by atoms with Crippen molar-refractivity contribution in [1.29, 1.82) is 0 Å². The van der Waals surface area contributed by atoms with Crippen molar-refractivity contribution in [3.8, 4) is 0 Å². The Labute approximate surface area is 135 Å². The number of nitrogens with one attached hydrogen (secondary N) is 1. The summed E-state index contributed by atoms with van der Waals surface area (Å²) in [5.74, 6) is 0.181. The molecule has 0 spiro atoms. The molecule has 2 aromatic rings. The molecule has 0 atom stereocenters. The zero-order valence-corrected chi connectivity index (χ0v) is 13.5. The number of benzene rings is 1. The monoisotopic (exact) mass is 312 g/mol. The fourth-order valence-electron chi connectivity index (χ4n) is 1.62. The molecule has 1 aromatic heterocycles. The van der Waals surface area contributed by atoms with Crippen molar-refractivity contribution in [3.63, 3.8) is 0 Å². The van der Waals surface area contributed by atoms with E-state index in [2.05, 4.69) is 20.3 Å². The average Bonchev–Trinajstić information content (AvgIpc) is 2.52. The van der Waals surface area contributed by atoms with Crippen LogP contribution in [0.2, 0.25) is 0 Å². The molecule has 0 fully saturated rings. The summed E-state index contributed by atoms with van der Waals surface area (Å²) in [7, 11) is 0. The lowest BCUT2D eigenvalue weighted by Crippen LogP contribution is -2.16. The van der Waals surface area contributed by atoms with Crippen LogP contribution in [0.5, 0.6) is 0 Å². The lowest BCUT2D eigenvalue weighted by atomic mass is 10.1. The topological polar surface area (TPSA) is 76.5 Å². The summed E-state index contributed by atoms with van der Waals surface area (Å²) in [6, 6.07) is 11.2. The fourth-order valence-corrected chi connectivity index (χ4v) is 1.62. The van der Waals surface area contributed by atoms with Gasteiger partial charge >= 0.3 is 6.09 Å². The summed E-state index contributed by atoms with van der Waals surface area (Å²) in [5, 5.41) is 2.50. The van der Waals surface area contributed by atoms with Crippen LogP contribution in [0.1, 0.15) is 32.0 Å². The van der Waals surface area contributed by atoms with Crippen LogP contribution in [0, 0.1) is 0 Å². The summed E-state index contributed by atoms with van der Waals surface area (Å²) in [4.78, 5) is 24.3. The molecular weight excluding hydrogens is 292 g/mol. The van der Waals surface area contributed by atoms with E-state index in [4.69, 9.17) is 4.74 Å². The Morgan fingerprint density at radius 1 is 1.26 bits per heavy atom. The minimum Gasteiger partial charge on any atom is -0.444 e. The van der Waals surface area contributed by atoms with Crippen LogP contribution < -0.4 is 5.32 Å². The summed E-state index contributed by atoms with van der Waals surface area (Å²) >= 11 is 0.